The highest BCUT2D eigenvalue weighted by Gasteiger charge is 2.41. The number of aromatic nitrogens is 2. The first kappa shape index (κ1) is 13.0. The third-order valence-electron chi connectivity index (χ3n) is 3.22. The Hall–Kier alpha value is -1.44. The average Bonchev–Trinajstić information content (AvgIpc) is 2.79. The highest BCUT2D eigenvalue weighted by atomic mass is 16.7. The van der Waals surface area contributed by atoms with Crippen molar-refractivity contribution >= 4 is 5.82 Å². The first-order valence-electron chi connectivity index (χ1n) is 5.70. The van der Waals surface area contributed by atoms with Crippen LogP contribution in [0.3, 0.4) is 0 Å². The summed E-state index contributed by atoms with van der Waals surface area (Å²) in [7, 11) is 1.47. The van der Waals surface area contributed by atoms with Crippen molar-refractivity contribution in [3.8, 4) is 0 Å². The molecular weight excluding hydrogens is 238 g/mol. The van der Waals surface area contributed by atoms with Gasteiger partial charge in [0.05, 0.1) is 6.61 Å². The van der Waals surface area contributed by atoms with Gasteiger partial charge in [0.2, 0.25) is 0 Å². The molecule has 1 aromatic rings. The van der Waals surface area contributed by atoms with Crippen molar-refractivity contribution in [1.29, 1.82) is 0 Å². The van der Waals surface area contributed by atoms with Crippen LogP contribution in [-0.2, 0) is 9.47 Å². The van der Waals surface area contributed by atoms with Gasteiger partial charge in [-0.2, -0.15) is 4.98 Å². The van der Waals surface area contributed by atoms with Crippen molar-refractivity contribution in [3.05, 3.63) is 22.2 Å². The summed E-state index contributed by atoms with van der Waals surface area (Å²) in [6, 6.07) is 0. The normalized spacial score (nSPS) is 27.6. The van der Waals surface area contributed by atoms with Crippen LogP contribution >= 0.6 is 0 Å². The third-order valence-corrected chi connectivity index (χ3v) is 3.22. The van der Waals surface area contributed by atoms with Gasteiger partial charge in [-0.05, 0) is 13.3 Å². The molecule has 0 bridgehead atoms. The Balaban J connectivity index is 2.30. The van der Waals surface area contributed by atoms with Gasteiger partial charge in [0.15, 0.2) is 5.79 Å². The summed E-state index contributed by atoms with van der Waals surface area (Å²) in [5.41, 5.74) is 5.80. The molecule has 0 aliphatic carbocycles. The van der Waals surface area contributed by atoms with Gasteiger partial charge < -0.3 is 20.3 Å². The maximum atomic E-state index is 11.8. The van der Waals surface area contributed by atoms with Crippen molar-refractivity contribution in [2.45, 2.75) is 31.8 Å². The summed E-state index contributed by atoms with van der Waals surface area (Å²) in [5.74, 6) is -0.811. The molecular formula is C11H17N3O4. The lowest BCUT2D eigenvalue weighted by Gasteiger charge is -2.25. The Bertz CT molecular complexity index is 496. The second-order valence-electron chi connectivity index (χ2n) is 4.38. The van der Waals surface area contributed by atoms with Crippen LogP contribution in [0.25, 0.3) is 0 Å². The number of nitrogen functional groups attached to an aromatic ring is 1. The van der Waals surface area contributed by atoms with Crippen LogP contribution in [0, 0.1) is 6.92 Å². The van der Waals surface area contributed by atoms with E-state index in [0.717, 1.165) is 0 Å². The van der Waals surface area contributed by atoms with Crippen LogP contribution in [0.1, 0.15) is 24.6 Å². The number of hydrogen-bond acceptors (Lipinski definition) is 6. The molecule has 7 heteroatoms. The van der Waals surface area contributed by atoms with Gasteiger partial charge >= 0.3 is 5.69 Å². The first-order chi connectivity index (χ1) is 8.51. The molecule has 0 saturated carbocycles. The molecule has 3 N–H and O–H groups in total. The van der Waals surface area contributed by atoms with Crippen LogP contribution in [0.2, 0.25) is 0 Å². The molecule has 18 heavy (non-hydrogen) atoms. The quantitative estimate of drug-likeness (QED) is 0.774. The van der Waals surface area contributed by atoms with E-state index < -0.39 is 17.7 Å². The fourth-order valence-electron chi connectivity index (χ4n) is 2.02. The van der Waals surface area contributed by atoms with Crippen molar-refractivity contribution in [3.63, 3.8) is 0 Å². The molecule has 1 saturated heterocycles. The molecule has 7 nitrogen and oxygen atoms in total. The van der Waals surface area contributed by atoms with E-state index in [-0.39, 0.29) is 12.4 Å². The molecule has 0 spiro atoms. The Morgan fingerprint density at radius 1 is 1.78 bits per heavy atom. The highest BCUT2D eigenvalue weighted by Crippen LogP contribution is 2.36. The molecule has 1 aromatic heterocycles. The van der Waals surface area contributed by atoms with E-state index in [9.17, 15) is 9.90 Å². The van der Waals surface area contributed by atoms with E-state index in [4.69, 9.17) is 15.2 Å². The number of methoxy groups -OCH3 is 1. The van der Waals surface area contributed by atoms with Crippen LogP contribution in [-0.4, -0.2) is 34.2 Å². The number of aliphatic hydroxyl groups excluding tert-OH is 1. The Morgan fingerprint density at radius 3 is 3.06 bits per heavy atom. The number of nitrogens with zero attached hydrogens (tertiary/aromatic N) is 2. The lowest BCUT2D eigenvalue weighted by Crippen LogP contribution is -2.36. The standard InChI is InChI=1S/C11H17N3O4/c1-7-5-14(10(16)13-9(7)12)8-3-4-11(6-15,17-2)18-8/h5,8,15H,3-4,6H2,1-2H3,(H2,12,13,16)/t8-,11+/m0/s1. The lowest BCUT2D eigenvalue weighted by atomic mass is 10.2. The zero-order valence-electron chi connectivity index (χ0n) is 10.4. The number of anilines is 1. The largest absolute Gasteiger partial charge is 0.391 e. The molecule has 1 aliphatic rings. The maximum absolute atomic E-state index is 11.8. The lowest BCUT2D eigenvalue weighted by molar-refractivity contribution is -0.242. The average molecular weight is 255 g/mol. The molecule has 100 valence electrons. The van der Waals surface area contributed by atoms with Crippen LogP contribution in [0.4, 0.5) is 5.82 Å². The van der Waals surface area contributed by atoms with E-state index in [1.54, 1.807) is 13.1 Å². The summed E-state index contributed by atoms with van der Waals surface area (Å²) in [4.78, 5) is 15.5. The van der Waals surface area contributed by atoms with Gasteiger partial charge in [0, 0.05) is 25.3 Å². The van der Waals surface area contributed by atoms with E-state index in [0.29, 0.717) is 18.4 Å². The number of hydrogen-bond donors (Lipinski definition) is 2. The van der Waals surface area contributed by atoms with Crippen LogP contribution < -0.4 is 11.4 Å². The summed E-state index contributed by atoms with van der Waals surface area (Å²) in [6.45, 7) is 1.51. The molecule has 0 amide bonds. The molecule has 1 aliphatic heterocycles. The number of nitrogens with two attached hydrogens (primary N) is 1. The van der Waals surface area contributed by atoms with Gasteiger partial charge in [-0.3, -0.25) is 4.57 Å². The van der Waals surface area contributed by atoms with Gasteiger partial charge in [0.1, 0.15) is 12.0 Å². The van der Waals surface area contributed by atoms with Gasteiger partial charge in [-0.1, -0.05) is 0 Å². The molecule has 0 aromatic carbocycles. The monoisotopic (exact) mass is 255 g/mol. The summed E-state index contributed by atoms with van der Waals surface area (Å²) >= 11 is 0. The maximum Gasteiger partial charge on any atom is 0.351 e. The second-order valence-corrected chi connectivity index (χ2v) is 4.38. The van der Waals surface area contributed by atoms with Crippen molar-refractivity contribution in [1.82, 2.24) is 9.55 Å². The van der Waals surface area contributed by atoms with Crippen molar-refractivity contribution < 1.29 is 14.6 Å². The number of rotatable bonds is 3. The third kappa shape index (κ3) is 2.12. The zero-order valence-corrected chi connectivity index (χ0v) is 10.4. The van der Waals surface area contributed by atoms with E-state index in [1.165, 1.54) is 11.7 Å². The van der Waals surface area contributed by atoms with Crippen molar-refractivity contribution in [2.24, 2.45) is 0 Å². The number of aliphatic hydroxyl groups is 1. The summed E-state index contributed by atoms with van der Waals surface area (Å²) < 4.78 is 12.2. The number of aryl methyl sites for hydroxylation is 1. The Morgan fingerprint density at radius 2 is 2.50 bits per heavy atom. The molecule has 0 radical (unpaired) electrons. The predicted octanol–water partition coefficient (Wildman–Crippen LogP) is -0.222. The summed E-state index contributed by atoms with van der Waals surface area (Å²) in [5, 5.41) is 9.28. The molecule has 0 unspecified atom stereocenters. The summed E-state index contributed by atoms with van der Waals surface area (Å²) in [6.07, 6.45) is 2.20. The Kier molecular flexibility index (Phi) is 3.38. The molecule has 1 fully saturated rings. The first-order valence-corrected chi connectivity index (χ1v) is 5.70. The SMILES string of the molecule is CO[C@]1(CO)CC[C@@H](n2cc(C)c(N)nc2=O)O1. The van der Waals surface area contributed by atoms with Crippen molar-refractivity contribution in [2.75, 3.05) is 19.5 Å². The van der Waals surface area contributed by atoms with E-state index in [1.807, 2.05) is 0 Å². The zero-order chi connectivity index (χ0) is 13.3. The van der Waals surface area contributed by atoms with Gasteiger partial charge in [-0.15, -0.1) is 0 Å². The molecule has 2 rings (SSSR count). The molecule has 2 heterocycles. The highest BCUT2D eigenvalue weighted by molar-refractivity contribution is 5.35. The predicted molar refractivity (Wildman–Crippen MR) is 63.8 cm³/mol. The van der Waals surface area contributed by atoms with E-state index in [2.05, 4.69) is 4.98 Å². The minimum absolute atomic E-state index is 0.217. The fraction of sp³-hybridized carbons (Fsp3) is 0.636. The number of ether oxygens (including phenoxy) is 2. The van der Waals surface area contributed by atoms with E-state index >= 15 is 0 Å². The van der Waals surface area contributed by atoms with Crippen LogP contribution in [0.5, 0.6) is 0 Å². The molecule has 2 atom stereocenters. The second kappa shape index (κ2) is 4.68. The van der Waals surface area contributed by atoms with Crippen LogP contribution in [0.15, 0.2) is 11.0 Å². The minimum Gasteiger partial charge on any atom is -0.391 e. The fourth-order valence-corrected chi connectivity index (χ4v) is 2.02. The smallest absolute Gasteiger partial charge is 0.351 e. The van der Waals surface area contributed by atoms with Gasteiger partial charge in [0.25, 0.3) is 0 Å². The minimum atomic E-state index is -1.03. The Labute approximate surface area is 104 Å². The van der Waals surface area contributed by atoms with Gasteiger partial charge in [-0.25, -0.2) is 4.79 Å². The topological polar surface area (TPSA) is 99.6 Å².